The van der Waals surface area contributed by atoms with Gasteiger partial charge in [-0.15, -0.1) is 0 Å². The van der Waals surface area contributed by atoms with Gasteiger partial charge in [-0.25, -0.2) is 18.4 Å². The van der Waals surface area contributed by atoms with Gasteiger partial charge in [0.05, 0.1) is 28.6 Å². The molecular weight excluding hydrogens is 304 g/mol. The Hall–Kier alpha value is -2.74. The topological polar surface area (TPSA) is 105 Å². The zero-order chi connectivity index (χ0) is 15.7. The summed E-state index contributed by atoms with van der Waals surface area (Å²) in [6.45, 7) is 1.38. The third kappa shape index (κ3) is 2.68. The second kappa shape index (κ2) is 5.23. The SMILES string of the molecule is CC(=O)c1cccc(S(=O)(=O)Nc2cnc3nc[nH]c3c2)c1. The van der Waals surface area contributed by atoms with Gasteiger partial charge in [0, 0.05) is 5.56 Å². The molecule has 0 aliphatic carbocycles. The monoisotopic (exact) mass is 316 g/mol. The van der Waals surface area contributed by atoms with Crippen LogP contribution in [0.1, 0.15) is 17.3 Å². The molecule has 0 saturated carbocycles. The third-order valence-corrected chi connectivity index (χ3v) is 4.46. The van der Waals surface area contributed by atoms with E-state index in [9.17, 15) is 13.2 Å². The van der Waals surface area contributed by atoms with Gasteiger partial charge in [0.2, 0.25) is 0 Å². The highest BCUT2D eigenvalue weighted by atomic mass is 32.2. The smallest absolute Gasteiger partial charge is 0.261 e. The van der Waals surface area contributed by atoms with E-state index in [2.05, 4.69) is 19.7 Å². The van der Waals surface area contributed by atoms with Crippen LogP contribution in [0.5, 0.6) is 0 Å². The molecule has 0 unspecified atom stereocenters. The minimum Gasteiger partial charge on any atom is -0.343 e. The number of H-pyrrole nitrogens is 1. The zero-order valence-corrected chi connectivity index (χ0v) is 12.4. The van der Waals surface area contributed by atoms with Crippen LogP contribution in [0.4, 0.5) is 5.69 Å². The first-order valence-corrected chi connectivity index (χ1v) is 7.87. The Kier molecular flexibility index (Phi) is 3.38. The van der Waals surface area contributed by atoms with Crippen LogP contribution in [0.15, 0.2) is 47.8 Å². The quantitative estimate of drug-likeness (QED) is 0.716. The minimum absolute atomic E-state index is 0.0184. The van der Waals surface area contributed by atoms with Gasteiger partial charge in [-0.3, -0.25) is 9.52 Å². The van der Waals surface area contributed by atoms with Crippen molar-refractivity contribution in [1.82, 2.24) is 15.0 Å². The van der Waals surface area contributed by atoms with E-state index in [1.165, 1.54) is 37.6 Å². The van der Waals surface area contributed by atoms with Crippen molar-refractivity contribution in [2.24, 2.45) is 0 Å². The molecule has 112 valence electrons. The average Bonchev–Trinajstić information content (AvgIpc) is 2.94. The number of imidazole rings is 1. The molecule has 0 fully saturated rings. The molecule has 0 aliphatic rings. The van der Waals surface area contributed by atoms with Gasteiger partial charge in [-0.05, 0) is 25.1 Å². The summed E-state index contributed by atoms with van der Waals surface area (Å²) in [4.78, 5) is 22.2. The number of hydrogen-bond acceptors (Lipinski definition) is 5. The number of carbonyl (C=O) groups is 1. The fourth-order valence-electron chi connectivity index (χ4n) is 1.98. The lowest BCUT2D eigenvalue weighted by molar-refractivity contribution is 0.101. The first-order chi connectivity index (χ1) is 10.5. The van der Waals surface area contributed by atoms with Crippen molar-refractivity contribution in [3.63, 3.8) is 0 Å². The van der Waals surface area contributed by atoms with Crippen LogP contribution in [0, 0.1) is 0 Å². The van der Waals surface area contributed by atoms with Gasteiger partial charge < -0.3 is 4.98 Å². The van der Waals surface area contributed by atoms with Gasteiger partial charge in [0.25, 0.3) is 10.0 Å². The van der Waals surface area contributed by atoms with E-state index in [0.29, 0.717) is 22.4 Å². The Morgan fingerprint density at radius 3 is 2.82 bits per heavy atom. The molecule has 0 bridgehead atoms. The van der Waals surface area contributed by atoms with Crippen LogP contribution < -0.4 is 4.72 Å². The van der Waals surface area contributed by atoms with Crippen molar-refractivity contribution in [3.05, 3.63) is 48.4 Å². The number of carbonyl (C=O) groups excluding carboxylic acids is 1. The number of aromatic amines is 1. The molecule has 0 spiro atoms. The lowest BCUT2D eigenvalue weighted by Gasteiger charge is -2.08. The van der Waals surface area contributed by atoms with Gasteiger partial charge >= 0.3 is 0 Å². The Morgan fingerprint density at radius 2 is 2.05 bits per heavy atom. The zero-order valence-electron chi connectivity index (χ0n) is 11.6. The molecule has 0 aliphatic heterocycles. The third-order valence-electron chi connectivity index (χ3n) is 3.08. The Morgan fingerprint density at radius 1 is 1.23 bits per heavy atom. The van der Waals surface area contributed by atoms with Crippen LogP contribution in [0.3, 0.4) is 0 Å². The standard InChI is InChI=1S/C14H12N4O3S/c1-9(19)10-3-2-4-12(5-10)22(20,21)18-11-6-13-14(15-7-11)17-8-16-13/h2-8,18H,1H3,(H,15,16,17). The number of benzene rings is 1. The van der Waals surface area contributed by atoms with E-state index in [1.54, 1.807) is 12.1 Å². The van der Waals surface area contributed by atoms with Crippen molar-refractivity contribution in [2.45, 2.75) is 11.8 Å². The van der Waals surface area contributed by atoms with Gasteiger partial charge in [-0.2, -0.15) is 0 Å². The summed E-state index contributed by atoms with van der Waals surface area (Å²) in [5.74, 6) is -0.197. The number of ketones is 1. The van der Waals surface area contributed by atoms with Gasteiger partial charge in [0.15, 0.2) is 11.4 Å². The maximum absolute atomic E-state index is 12.4. The fourth-order valence-corrected chi connectivity index (χ4v) is 3.06. The molecular formula is C14H12N4O3S. The van der Waals surface area contributed by atoms with E-state index < -0.39 is 10.0 Å². The van der Waals surface area contributed by atoms with Crippen molar-refractivity contribution in [2.75, 3.05) is 4.72 Å². The normalized spacial score (nSPS) is 11.5. The van der Waals surface area contributed by atoms with E-state index in [4.69, 9.17) is 0 Å². The van der Waals surface area contributed by atoms with Gasteiger partial charge in [-0.1, -0.05) is 12.1 Å². The van der Waals surface area contributed by atoms with Crippen molar-refractivity contribution >= 4 is 32.7 Å². The van der Waals surface area contributed by atoms with E-state index >= 15 is 0 Å². The van der Waals surface area contributed by atoms with Crippen LogP contribution in [-0.4, -0.2) is 29.2 Å². The summed E-state index contributed by atoms with van der Waals surface area (Å²) in [5.41, 5.74) is 1.77. The summed E-state index contributed by atoms with van der Waals surface area (Å²) < 4.78 is 27.2. The molecule has 0 amide bonds. The number of nitrogens with zero attached hydrogens (tertiary/aromatic N) is 2. The highest BCUT2D eigenvalue weighted by molar-refractivity contribution is 7.92. The summed E-state index contributed by atoms with van der Waals surface area (Å²) in [6, 6.07) is 7.46. The number of Topliss-reactive ketones (excluding diaryl/α,β-unsaturated/α-hetero) is 1. The van der Waals surface area contributed by atoms with Gasteiger partial charge in [0.1, 0.15) is 0 Å². The number of anilines is 1. The summed E-state index contributed by atoms with van der Waals surface area (Å²) >= 11 is 0. The van der Waals surface area contributed by atoms with Crippen molar-refractivity contribution in [3.8, 4) is 0 Å². The maximum atomic E-state index is 12.4. The number of aromatic nitrogens is 3. The molecule has 2 aromatic heterocycles. The number of fused-ring (bicyclic) bond motifs is 1. The van der Waals surface area contributed by atoms with Crippen LogP contribution in [0.2, 0.25) is 0 Å². The second-order valence-corrected chi connectivity index (χ2v) is 6.37. The molecule has 2 heterocycles. The van der Waals surface area contributed by atoms with Crippen LogP contribution in [-0.2, 0) is 10.0 Å². The number of sulfonamides is 1. The van der Waals surface area contributed by atoms with E-state index in [-0.39, 0.29) is 10.7 Å². The van der Waals surface area contributed by atoms with E-state index in [1.807, 2.05) is 0 Å². The molecule has 7 nitrogen and oxygen atoms in total. The summed E-state index contributed by atoms with van der Waals surface area (Å²) in [5, 5.41) is 0. The number of hydrogen-bond donors (Lipinski definition) is 2. The molecule has 8 heteroatoms. The molecule has 3 rings (SSSR count). The lowest BCUT2D eigenvalue weighted by Crippen LogP contribution is -2.13. The Labute approximate surface area is 126 Å². The van der Waals surface area contributed by atoms with E-state index in [0.717, 1.165) is 0 Å². The maximum Gasteiger partial charge on any atom is 0.261 e. The first kappa shape index (κ1) is 14.2. The van der Waals surface area contributed by atoms with Crippen LogP contribution >= 0.6 is 0 Å². The fraction of sp³-hybridized carbons (Fsp3) is 0.0714. The highest BCUT2D eigenvalue weighted by Gasteiger charge is 2.16. The molecule has 1 aromatic carbocycles. The molecule has 0 atom stereocenters. The highest BCUT2D eigenvalue weighted by Crippen LogP contribution is 2.19. The molecule has 0 saturated heterocycles. The predicted molar refractivity (Wildman–Crippen MR) is 81.1 cm³/mol. The number of nitrogens with one attached hydrogen (secondary N) is 2. The predicted octanol–water partition coefficient (Wildman–Crippen LogP) is 1.96. The largest absolute Gasteiger partial charge is 0.343 e. The Bertz CT molecular complexity index is 963. The molecule has 22 heavy (non-hydrogen) atoms. The summed E-state index contributed by atoms with van der Waals surface area (Å²) in [7, 11) is -3.80. The first-order valence-electron chi connectivity index (χ1n) is 6.39. The molecule has 2 N–H and O–H groups in total. The minimum atomic E-state index is -3.80. The lowest BCUT2D eigenvalue weighted by atomic mass is 10.2. The number of rotatable bonds is 4. The summed E-state index contributed by atoms with van der Waals surface area (Å²) in [6.07, 6.45) is 2.86. The molecule has 3 aromatic rings. The van der Waals surface area contributed by atoms with Crippen LogP contribution in [0.25, 0.3) is 11.2 Å². The second-order valence-electron chi connectivity index (χ2n) is 4.69. The van der Waals surface area contributed by atoms with Crippen molar-refractivity contribution in [1.29, 1.82) is 0 Å². The average molecular weight is 316 g/mol. The Balaban J connectivity index is 1.95. The number of pyridine rings is 1. The van der Waals surface area contributed by atoms with Crippen molar-refractivity contribution < 1.29 is 13.2 Å². The molecule has 0 radical (unpaired) electrons.